The fourth-order valence-corrected chi connectivity index (χ4v) is 2.47. The van der Waals surface area contributed by atoms with E-state index in [1.807, 2.05) is 0 Å². The largest absolute Gasteiger partial charge is 0.316 e. The molecule has 0 aromatic rings. The van der Waals surface area contributed by atoms with Crippen molar-refractivity contribution < 1.29 is 4.39 Å². The number of hydrogen-bond acceptors (Lipinski definition) is 1. The normalized spacial score (nSPS) is 28.2. The van der Waals surface area contributed by atoms with E-state index in [0.717, 1.165) is 24.9 Å². The van der Waals surface area contributed by atoms with Gasteiger partial charge in [-0.15, -0.1) is 11.6 Å². The first-order valence-electron chi connectivity index (χ1n) is 5.21. The van der Waals surface area contributed by atoms with Gasteiger partial charge in [0.1, 0.15) is 0 Å². The summed E-state index contributed by atoms with van der Waals surface area (Å²) < 4.78 is 11.8. The summed E-state index contributed by atoms with van der Waals surface area (Å²) in [5.74, 6) is 2.21. The molecule has 1 aliphatic carbocycles. The van der Waals surface area contributed by atoms with Gasteiger partial charge in [-0.05, 0) is 44.2 Å². The highest BCUT2D eigenvalue weighted by Gasteiger charge is 2.25. The summed E-state index contributed by atoms with van der Waals surface area (Å²) in [6.45, 7) is 1.62. The zero-order valence-corrected chi connectivity index (χ0v) is 8.82. The lowest BCUT2D eigenvalue weighted by molar-refractivity contribution is 0.385. The highest BCUT2D eigenvalue weighted by molar-refractivity contribution is 6.18. The molecule has 3 heteroatoms. The molecule has 0 aromatic heterocycles. The number of hydrogen-bond donors (Lipinski definition) is 1. The van der Waals surface area contributed by atoms with Gasteiger partial charge in [-0.25, -0.2) is 0 Å². The molecule has 2 atom stereocenters. The van der Waals surface area contributed by atoms with Crippen molar-refractivity contribution in [3.8, 4) is 0 Å². The van der Waals surface area contributed by atoms with Gasteiger partial charge in [0.05, 0.1) is 6.67 Å². The van der Waals surface area contributed by atoms with Crippen LogP contribution in [0, 0.1) is 11.8 Å². The molecule has 13 heavy (non-hydrogen) atoms. The van der Waals surface area contributed by atoms with Gasteiger partial charge in [-0.3, -0.25) is 4.39 Å². The van der Waals surface area contributed by atoms with Crippen molar-refractivity contribution >= 4 is 11.6 Å². The van der Waals surface area contributed by atoms with Crippen molar-refractivity contribution in [1.29, 1.82) is 0 Å². The average molecular weight is 208 g/mol. The van der Waals surface area contributed by atoms with Crippen molar-refractivity contribution in [3.05, 3.63) is 0 Å². The van der Waals surface area contributed by atoms with Crippen LogP contribution in [-0.2, 0) is 0 Å². The minimum Gasteiger partial charge on any atom is -0.316 e. The van der Waals surface area contributed by atoms with Gasteiger partial charge < -0.3 is 5.32 Å². The van der Waals surface area contributed by atoms with Crippen molar-refractivity contribution in [3.63, 3.8) is 0 Å². The smallest absolute Gasteiger partial charge is 0.0906 e. The molecular formula is C10H19ClFN. The zero-order chi connectivity index (χ0) is 9.52. The van der Waals surface area contributed by atoms with Crippen LogP contribution in [0.25, 0.3) is 0 Å². The predicted octanol–water partition coefficient (Wildman–Crippen LogP) is 2.59. The topological polar surface area (TPSA) is 12.0 Å². The van der Waals surface area contributed by atoms with E-state index in [0.29, 0.717) is 12.3 Å². The highest BCUT2D eigenvalue weighted by Crippen LogP contribution is 2.31. The van der Waals surface area contributed by atoms with E-state index in [1.54, 1.807) is 0 Å². The summed E-state index contributed by atoms with van der Waals surface area (Å²) in [5, 5.41) is 3.29. The van der Waals surface area contributed by atoms with Crippen LogP contribution in [0.15, 0.2) is 0 Å². The molecule has 0 amide bonds. The molecule has 0 aromatic carbocycles. The maximum absolute atomic E-state index is 11.8. The van der Waals surface area contributed by atoms with Gasteiger partial charge in [0.2, 0.25) is 0 Å². The fourth-order valence-electron chi connectivity index (χ4n) is 2.06. The molecular weight excluding hydrogens is 189 g/mol. The monoisotopic (exact) mass is 207 g/mol. The summed E-state index contributed by atoms with van der Waals surface area (Å²) in [6, 6.07) is 0. The van der Waals surface area contributed by atoms with E-state index in [2.05, 4.69) is 5.32 Å². The van der Waals surface area contributed by atoms with Crippen LogP contribution in [0.1, 0.15) is 25.7 Å². The molecule has 0 radical (unpaired) electrons. The Kier molecular flexibility index (Phi) is 5.72. The summed E-state index contributed by atoms with van der Waals surface area (Å²) in [6.07, 6.45) is 4.52. The Morgan fingerprint density at radius 3 is 2.77 bits per heavy atom. The third-order valence-corrected chi connectivity index (χ3v) is 3.30. The van der Waals surface area contributed by atoms with Crippen LogP contribution in [-0.4, -0.2) is 25.6 Å². The molecule has 1 rings (SSSR count). The molecule has 0 heterocycles. The second-order valence-electron chi connectivity index (χ2n) is 3.85. The Bertz CT molecular complexity index is 132. The first kappa shape index (κ1) is 11.3. The standard InChI is InChI=1S/C10H19ClFN/c11-7-9-3-1-4-10(9)8-13-6-2-5-12/h9-10,13H,1-8H2. The summed E-state index contributed by atoms with van der Waals surface area (Å²) in [5.41, 5.74) is 0. The summed E-state index contributed by atoms with van der Waals surface area (Å²) in [7, 11) is 0. The third-order valence-electron chi connectivity index (χ3n) is 2.91. The number of nitrogens with one attached hydrogen (secondary N) is 1. The first-order valence-corrected chi connectivity index (χ1v) is 5.74. The van der Waals surface area contributed by atoms with E-state index >= 15 is 0 Å². The van der Waals surface area contributed by atoms with Crippen LogP contribution in [0.4, 0.5) is 4.39 Å². The van der Waals surface area contributed by atoms with Gasteiger partial charge in [0.25, 0.3) is 0 Å². The first-order chi connectivity index (χ1) is 6.38. The van der Waals surface area contributed by atoms with E-state index in [9.17, 15) is 4.39 Å². The Balaban J connectivity index is 2.06. The maximum atomic E-state index is 11.8. The average Bonchev–Trinajstić information content (AvgIpc) is 2.60. The van der Waals surface area contributed by atoms with Gasteiger partial charge in [0, 0.05) is 5.88 Å². The molecule has 0 bridgehead atoms. The summed E-state index contributed by atoms with van der Waals surface area (Å²) in [4.78, 5) is 0. The molecule has 1 saturated carbocycles. The van der Waals surface area contributed by atoms with E-state index in [-0.39, 0.29) is 6.67 Å². The third kappa shape index (κ3) is 3.82. The summed E-state index contributed by atoms with van der Waals surface area (Å²) >= 11 is 5.85. The van der Waals surface area contributed by atoms with Crippen LogP contribution >= 0.6 is 11.6 Å². The predicted molar refractivity (Wildman–Crippen MR) is 55.0 cm³/mol. The van der Waals surface area contributed by atoms with E-state index < -0.39 is 0 Å². The van der Waals surface area contributed by atoms with Crippen molar-refractivity contribution in [2.24, 2.45) is 11.8 Å². The van der Waals surface area contributed by atoms with Crippen LogP contribution in [0.5, 0.6) is 0 Å². The lowest BCUT2D eigenvalue weighted by atomic mass is 9.98. The number of rotatable bonds is 6. The second kappa shape index (κ2) is 6.61. The van der Waals surface area contributed by atoms with E-state index in [1.165, 1.54) is 19.3 Å². The highest BCUT2D eigenvalue weighted by atomic mass is 35.5. The van der Waals surface area contributed by atoms with Gasteiger partial charge in [-0.2, -0.15) is 0 Å². The molecule has 78 valence electrons. The molecule has 1 fully saturated rings. The SMILES string of the molecule is FCCCNCC1CCCC1CCl. The number of alkyl halides is 2. The zero-order valence-electron chi connectivity index (χ0n) is 8.07. The molecule has 1 N–H and O–H groups in total. The fraction of sp³-hybridized carbons (Fsp3) is 1.00. The molecule has 0 aliphatic heterocycles. The Labute approximate surface area is 85.0 Å². The van der Waals surface area contributed by atoms with Crippen LogP contribution in [0.2, 0.25) is 0 Å². The van der Waals surface area contributed by atoms with Gasteiger partial charge in [-0.1, -0.05) is 6.42 Å². The van der Waals surface area contributed by atoms with Crippen molar-refractivity contribution in [1.82, 2.24) is 5.32 Å². The second-order valence-corrected chi connectivity index (χ2v) is 4.16. The minimum absolute atomic E-state index is 0.212. The quantitative estimate of drug-likeness (QED) is 0.522. The Morgan fingerprint density at radius 1 is 1.31 bits per heavy atom. The van der Waals surface area contributed by atoms with E-state index in [4.69, 9.17) is 11.6 Å². The molecule has 0 spiro atoms. The lowest BCUT2D eigenvalue weighted by Gasteiger charge is -2.17. The number of halogens is 2. The molecule has 1 nitrogen and oxygen atoms in total. The Hall–Kier alpha value is 0.180. The van der Waals surface area contributed by atoms with Crippen LogP contribution in [0.3, 0.4) is 0 Å². The minimum atomic E-state index is -0.212. The molecule has 0 saturated heterocycles. The molecule has 2 unspecified atom stereocenters. The lowest BCUT2D eigenvalue weighted by Crippen LogP contribution is -2.26. The van der Waals surface area contributed by atoms with Crippen molar-refractivity contribution in [2.75, 3.05) is 25.6 Å². The van der Waals surface area contributed by atoms with Crippen LogP contribution < -0.4 is 5.32 Å². The van der Waals surface area contributed by atoms with Gasteiger partial charge >= 0.3 is 0 Å². The molecule has 1 aliphatic rings. The van der Waals surface area contributed by atoms with Crippen molar-refractivity contribution in [2.45, 2.75) is 25.7 Å². The maximum Gasteiger partial charge on any atom is 0.0906 e. The Morgan fingerprint density at radius 2 is 2.08 bits per heavy atom. The van der Waals surface area contributed by atoms with Gasteiger partial charge in [0.15, 0.2) is 0 Å².